The van der Waals surface area contributed by atoms with Crippen molar-refractivity contribution in [2.24, 2.45) is 0 Å². The van der Waals surface area contributed by atoms with Gasteiger partial charge in [0.15, 0.2) is 9.84 Å². The Bertz CT molecular complexity index is 895. The highest BCUT2D eigenvalue weighted by atomic mass is 32.2. The summed E-state index contributed by atoms with van der Waals surface area (Å²) < 4.78 is 25.2. The van der Waals surface area contributed by atoms with Crippen LogP contribution in [0.1, 0.15) is 31.7 Å². The van der Waals surface area contributed by atoms with Gasteiger partial charge in [-0.2, -0.15) is 0 Å². The molecule has 27 heavy (non-hydrogen) atoms. The number of hydrogen-bond donors (Lipinski definition) is 1. The number of rotatable bonds is 8. The SMILES string of the molecule is CC[C@@H](CNC(=O)[C@H](C)S(=O)(=O)c1ccc([N+](=O)[O-])cc1)c1ccccc1. The van der Waals surface area contributed by atoms with E-state index in [4.69, 9.17) is 0 Å². The Morgan fingerprint density at radius 2 is 1.70 bits per heavy atom. The van der Waals surface area contributed by atoms with Crippen molar-refractivity contribution in [1.29, 1.82) is 0 Å². The molecule has 0 spiro atoms. The normalized spacial score (nSPS) is 13.6. The molecule has 2 rings (SSSR count). The van der Waals surface area contributed by atoms with Gasteiger partial charge in [-0.3, -0.25) is 14.9 Å². The van der Waals surface area contributed by atoms with Crippen LogP contribution in [0.2, 0.25) is 0 Å². The minimum Gasteiger partial charge on any atom is -0.354 e. The van der Waals surface area contributed by atoms with Crippen LogP contribution in [0.15, 0.2) is 59.5 Å². The van der Waals surface area contributed by atoms with Crippen LogP contribution in [-0.2, 0) is 14.6 Å². The van der Waals surface area contributed by atoms with Crippen molar-refractivity contribution in [3.63, 3.8) is 0 Å². The van der Waals surface area contributed by atoms with Crippen molar-refractivity contribution >= 4 is 21.4 Å². The van der Waals surface area contributed by atoms with Crippen LogP contribution in [0.4, 0.5) is 5.69 Å². The molecule has 144 valence electrons. The number of benzene rings is 2. The average molecular weight is 390 g/mol. The van der Waals surface area contributed by atoms with E-state index in [1.54, 1.807) is 0 Å². The summed E-state index contributed by atoms with van der Waals surface area (Å²) in [6.07, 6.45) is 0.799. The van der Waals surface area contributed by atoms with E-state index in [1.807, 2.05) is 37.3 Å². The minimum atomic E-state index is -3.93. The van der Waals surface area contributed by atoms with E-state index in [1.165, 1.54) is 6.92 Å². The van der Waals surface area contributed by atoms with E-state index in [2.05, 4.69) is 5.32 Å². The number of nitro benzene ring substituents is 1. The first-order valence-corrected chi connectivity index (χ1v) is 10.1. The Kier molecular flexibility index (Phi) is 6.68. The van der Waals surface area contributed by atoms with Crippen LogP contribution >= 0.6 is 0 Å². The van der Waals surface area contributed by atoms with Crippen LogP contribution in [0.3, 0.4) is 0 Å². The van der Waals surface area contributed by atoms with Gasteiger partial charge in [-0.15, -0.1) is 0 Å². The van der Waals surface area contributed by atoms with Gasteiger partial charge >= 0.3 is 0 Å². The molecule has 0 radical (unpaired) electrons. The van der Waals surface area contributed by atoms with Gasteiger partial charge in [-0.1, -0.05) is 37.3 Å². The first-order chi connectivity index (χ1) is 12.8. The van der Waals surface area contributed by atoms with Crippen LogP contribution in [-0.4, -0.2) is 31.0 Å². The lowest BCUT2D eigenvalue weighted by atomic mass is 9.96. The third-order valence-electron chi connectivity index (χ3n) is 4.50. The lowest BCUT2D eigenvalue weighted by molar-refractivity contribution is -0.384. The van der Waals surface area contributed by atoms with Crippen LogP contribution in [0, 0.1) is 10.1 Å². The molecule has 0 aliphatic rings. The fourth-order valence-corrected chi connectivity index (χ4v) is 3.98. The van der Waals surface area contributed by atoms with Crippen molar-refractivity contribution in [2.75, 3.05) is 6.54 Å². The fourth-order valence-electron chi connectivity index (χ4n) is 2.69. The van der Waals surface area contributed by atoms with E-state index in [-0.39, 0.29) is 16.5 Å². The van der Waals surface area contributed by atoms with E-state index >= 15 is 0 Å². The predicted octanol–water partition coefficient (Wildman–Crippen LogP) is 3.07. The van der Waals surface area contributed by atoms with Gasteiger partial charge in [-0.05, 0) is 31.0 Å². The lowest BCUT2D eigenvalue weighted by Gasteiger charge is -2.18. The standard InChI is InChI=1S/C19H22N2O5S/c1-3-15(16-7-5-4-6-8-16)13-20-19(22)14(2)27(25,26)18-11-9-17(10-12-18)21(23)24/h4-12,14-15H,3,13H2,1-2H3,(H,20,22)/t14-,15-/m0/s1. The molecule has 0 saturated heterocycles. The van der Waals surface area contributed by atoms with Crippen LogP contribution in [0.5, 0.6) is 0 Å². The molecule has 2 aromatic rings. The quantitative estimate of drug-likeness (QED) is 0.551. The summed E-state index contributed by atoms with van der Waals surface area (Å²) in [4.78, 5) is 22.4. The number of amides is 1. The summed E-state index contributed by atoms with van der Waals surface area (Å²) in [6.45, 7) is 3.65. The number of sulfone groups is 1. The van der Waals surface area contributed by atoms with Gasteiger partial charge in [0.25, 0.3) is 5.69 Å². The zero-order valence-electron chi connectivity index (χ0n) is 15.2. The number of nitrogens with zero attached hydrogens (tertiary/aromatic N) is 1. The van der Waals surface area contributed by atoms with Gasteiger partial charge in [0.05, 0.1) is 9.82 Å². The Morgan fingerprint density at radius 3 is 2.22 bits per heavy atom. The predicted molar refractivity (Wildman–Crippen MR) is 102 cm³/mol. The molecule has 0 saturated carbocycles. The molecule has 2 atom stereocenters. The number of nitrogens with one attached hydrogen (secondary N) is 1. The molecular formula is C19H22N2O5S. The van der Waals surface area contributed by atoms with Gasteiger partial charge in [0.2, 0.25) is 5.91 Å². The van der Waals surface area contributed by atoms with Gasteiger partial charge in [0, 0.05) is 24.6 Å². The third kappa shape index (κ3) is 4.91. The third-order valence-corrected chi connectivity index (χ3v) is 6.57. The Hall–Kier alpha value is -2.74. The number of hydrogen-bond acceptors (Lipinski definition) is 5. The molecule has 1 amide bonds. The number of nitro groups is 1. The van der Waals surface area contributed by atoms with Crippen molar-refractivity contribution in [2.45, 2.75) is 36.3 Å². The molecule has 0 heterocycles. The molecule has 0 bridgehead atoms. The second-order valence-electron chi connectivity index (χ2n) is 6.20. The summed E-state index contributed by atoms with van der Waals surface area (Å²) in [5, 5.41) is 12.1. The highest BCUT2D eigenvalue weighted by molar-refractivity contribution is 7.92. The maximum absolute atomic E-state index is 12.6. The molecule has 7 nitrogen and oxygen atoms in total. The topological polar surface area (TPSA) is 106 Å². The molecule has 0 aromatic heterocycles. The van der Waals surface area contributed by atoms with E-state index < -0.39 is 25.9 Å². The summed E-state index contributed by atoms with van der Waals surface area (Å²) in [7, 11) is -3.93. The second kappa shape index (κ2) is 8.77. The van der Waals surface area contributed by atoms with Gasteiger partial charge in [-0.25, -0.2) is 8.42 Å². The van der Waals surface area contributed by atoms with E-state index in [0.29, 0.717) is 6.54 Å². The Balaban J connectivity index is 2.07. The molecule has 0 aliphatic heterocycles. The first-order valence-electron chi connectivity index (χ1n) is 8.58. The zero-order valence-corrected chi connectivity index (χ0v) is 16.0. The largest absolute Gasteiger partial charge is 0.354 e. The number of non-ortho nitro benzene ring substituents is 1. The molecule has 0 unspecified atom stereocenters. The molecule has 1 N–H and O–H groups in total. The molecule has 2 aromatic carbocycles. The van der Waals surface area contributed by atoms with E-state index in [0.717, 1.165) is 36.2 Å². The maximum atomic E-state index is 12.6. The summed E-state index contributed by atoms with van der Waals surface area (Å²) in [5.74, 6) is -0.507. The van der Waals surface area contributed by atoms with Crippen LogP contribution < -0.4 is 5.32 Å². The Labute approximate surface area is 158 Å². The minimum absolute atomic E-state index is 0.0874. The summed E-state index contributed by atoms with van der Waals surface area (Å²) in [5.41, 5.74) is 0.867. The van der Waals surface area contributed by atoms with Crippen molar-refractivity contribution in [3.05, 3.63) is 70.3 Å². The second-order valence-corrected chi connectivity index (χ2v) is 8.47. The fraction of sp³-hybridized carbons (Fsp3) is 0.316. The highest BCUT2D eigenvalue weighted by Crippen LogP contribution is 2.21. The number of carbonyl (C=O) groups excluding carboxylic acids is 1. The van der Waals surface area contributed by atoms with Crippen LogP contribution in [0.25, 0.3) is 0 Å². The Morgan fingerprint density at radius 1 is 1.11 bits per heavy atom. The molecular weight excluding hydrogens is 368 g/mol. The van der Waals surface area contributed by atoms with Crippen molar-refractivity contribution in [1.82, 2.24) is 5.32 Å². The maximum Gasteiger partial charge on any atom is 0.269 e. The zero-order chi connectivity index (χ0) is 20.0. The summed E-state index contributed by atoms with van der Waals surface area (Å²) in [6, 6.07) is 14.2. The molecule has 8 heteroatoms. The van der Waals surface area contributed by atoms with Gasteiger partial charge in [0.1, 0.15) is 5.25 Å². The lowest BCUT2D eigenvalue weighted by Crippen LogP contribution is -2.39. The monoisotopic (exact) mass is 390 g/mol. The number of carbonyl (C=O) groups is 1. The average Bonchev–Trinajstić information content (AvgIpc) is 2.68. The molecule has 0 aliphatic carbocycles. The van der Waals surface area contributed by atoms with Crippen molar-refractivity contribution in [3.8, 4) is 0 Å². The van der Waals surface area contributed by atoms with Crippen molar-refractivity contribution < 1.29 is 18.1 Å². The molecule has 0 fully saturated rings. The summed E-state index contributed by atoms with van der Waals surface area (Å²) >= 11 is 0. The van der Waals surface area contributed by atoms with Gasteiger partial charge < -0.3 is 5.32 Å². The van der Waals surface area contributed by atoms with E-state index in [9.17, 15) is 23.3 Å². The smallest absolute Gasteiger partial charge is 0.269 e. The highest BCUT2D eigenvalue weighted by Gasteiger charge is 2.30. The first kappa shape index (κ1) is 20.6.